The van der Waals surface area contributed by atoms with Crippen molar-refractivity contribution in [1.82, 2.24) is 19.8 Å². The first-order chi connectivity index (χ1) is 16.5. The van der Waals surface area contributed by atoms with Gasteiger partial charge in [-0.1, -0.05) is 6.92 Å². The molecule has 0 radical (unpaired) electrons. The van der Waals surface area contributed by atoms with Crippen LogP contribution in [0.15, 0.2) is 42.6 Å². The van der Waals surface area contributed by atoms with Crippen molar-refractivity contribution in [2.75, 3.05) is 13.1 Å². The molecular formula is C25H26N4O4S. The van der Waals surface area contributed by atoms with Crippen LogP contribution >= 0.6 is 11.3 Å². The molecule has 1 atom stereocenters. The van der Waals surface area contributed by atoms with E-state index in [1.54, 1.807) is 22.9 Å². The summed E-state index contributed by atoms with van der Waals surface area (Å²) >= 11 is 1.31. The molecule has 5 rings (SSSR count). The van der Waals surface area contributed by atoms with Gasteiger partial charge in [-0.15, -0.1) is 11.3 Å². The number of nitrogens with zero attached hydrogens (tertiary/aromatic N) is 3. The van der Waals surface area contributed by atoms with E-state index < -0.39 is 6.23 Å². The average Bonchev–Trinajstić information content (AvgIpc) is 3.53. The number of aliphatic hydroxyl groups is 1. The highest BCUT2D eigenvalue weighted by Gasteiger charge is 2.29. The fourth-order valence-electron chi connectivity index (χ4n) is 4.33. The molecule has 1 unspecified atom stereocenters. The number of fused-ring (bicyclic) bond motifs is 2. The third-order valence-corrected chi connectivity index (χ3v) is 7.11. The molecule has 176 valence electrons. The van der Waals surface area contributed by atoms with Gasteiger partial charge in [-0.3, -0.25) is 14.3 Å². The van der Waals surface area contributed by atoms with E-state index in [9.17, 15) is 14.7 Å². The minimum absolute atomic E-state index is 0.141. The summed E-state index contributed by atoms with van der Waals surface area (Å²) in [4.78, 5) is 31.9. The van der Waals surface area contributed by atoms with Crippen LogP contribution in [0.3, 0.4) is 0 Å². The van der Waals surface area contributed by atoms with Crippen LogP contribution in [0.2, 0.25) is 0 Å². The number of likely N-dealkylation sites (tertiary alicyclic amines) is 1. The van der Waals surface area contributed by atoms with Crippen LogP contribution in [0.5, 0.6) is 11.5 Å². The average molecular weight is 479 g/mol. The molecule has 1 fully saturated rings. The summed E-state index contributed by atoms with van der Waals surface area (Å²) in [5.41, 5.74) is 2.33. The molecule has 2 N–H and O–H groups in total. The lowest BCUT2D eigenvalue weighted by Gasteiger charge is -2.18. The predicted molar refractivity (Wildman–Crippen MR) is 132 cm³/mol. The van der Waals surface area contributed by atoms with Crippen LogP contribution in [0.4, 0.5) is 4.79 Å². The fourth-order valence-corrected chi connectivity index (χ4v) is 5.35. The minimum Gasteiger partial charge on any atom is -0.456 e. The van der Waals surface area contributed by atoms with E-state index in [1.165, 1.54) is 16.2 Å². The Kier molecular flexibility index (Phi) is 5.97. The molecule has 1 saturated heterocycles. The molecule has 1 aliphatic heterocycles. The van der Waals surface area contributed by atoms with Crippen LogP contribution in [0.1, 0.15) is 41.6 Å². The smallest absolute Gasteiger partial charge is 0.326 e. The quantitative estimate of drug-likeness (QED) is 0.426. The number of aromatic nitrogens is 2. The second-order valence-electron chi connectivity index (χ2n) is 8.43. The number of aliphatic hydroxyl groups excluding tert-OH is 1. The van der Waals surface area contributed by atoms with Crippen LogP contribution in [-0.2, 0) is 0 Å². The van der Waals surface area contributed by atoms with Gasteiger partial charge in [-0.2, -0.15) is 0 Å². The zero-order valence-electron chi connectivity index (χ0n) is 19.1. The number of aryl methyl sites for hydroxylation is 1. The number of thiophene rings is 1. The van der Waals surface area contributed by atoms with Crippen molar-refractivity contribution in [1.29, 1.82) is 0 Å². The molecule has 0 bridgehead atoms. The molecule has 0 aliphatic carbocycles. The van der Waals surface area contributed by atoms with Gasteiger partial charge < -0.3 is 20.1 Å². The van der Waals surface area contributed by atoms with Crippen molar-refractivity contribution >= 4 is 44.4 Å². The Morgan fingerprint density at radius 3 is 2.88 bits per heavy atom. The number of carbonyl (C=O) groups excluding carboxylic acids is 2. The molecule has 4 aromatic rings. The molecule has 0 saturated carbocycles. The summed E-state index contributed by atoms with van der Waals surface area (Å²) in [5.74, 6) is 1.05. The number of hydrogen-bond acceptors (Lipinski definition) is 6. The van der Waals surface area contributed by atoms with Gasteiger partial charge in [0.15, 0.2) is 0 Å². The molecule has 4 heterocycles. The maximum Gasteiger partial charge on any atom is 0.326 e. The van der Waals surface area contributed by atoms with E-state index in [0.29, 0.717) is 41.4 Å². The summed E-state index contributed by atoms with van der Waals surface area (Å²) in [7, 11) is 0. The SMILES string of the molecule is CCCNC(=O)n1c(C)cc2cc(Oc3ccnc4cc(C(=O)N5CCCC5O)sc34)ccc21. The van der Waals surface area contributed by atoms with Crippen molar-refractivity contribution in [3.8, 4) is 11.5 Å². The topological polar surface area (TPSA) is 96.7 Å². The molecule has 9 heteroatoms. The molecule has 3 aromatic heterocycles. The highest BCUT2D eigenvalue weighted by molar-refractivity contribution is 7.21. The predicted octanol–water partition coefficient (Wildman–Crippen LogP) is 4.87. The lowest BCUT2D eigenvalue weighted by Crippen LogP contribution is -2.34. The molecule has 2 amide bonds. The zero-order valence-corrected chi connectivity index (χ0v) is 19.9. The summed E-state index contributed by atoms with van der Waals surface area (Å²) < 4.78 is 8.64. The third kappa shape index (κ3) is 4.01. The van der Waals surface area contributed by atoms with Gasteiger partial charge >= 0.3 is 6.03 Å². The van der Waals surface area contributed by atoms with Gasteiger partial charge in [-0.25, -0.2) is 4.79 Å². The number of carbonyl (C=O) groups is 2. The van der Waals surface area contributed by atoms with Crippen molar-refractivity contribution in [3.63, 3.8) is 0 Å². The van der Waals surface area contributed by atoms with Crippen LogP contribution in [-0.4, -0.2) is 50.8 Å². The van der Waals surface area contributed by atoms with E-state index in [0.717, 1.165) is 34.1 Å². The summed E-state index contributed by atoms with van der Waals surface area (Å²) in [5, 5.41) is 13.9. The zero-order chi connectivity index (χ0) is 23.8. The van der Waals surface area contributed by atoms with Gasteiger partial charge in [0, 0.05) is 36.4 Å². The second kappa shape index (κ2) is 9.08. The van der Waals surface area contributed by atoms with Crippen LogP contribution < -0.4 is 10.1 Å². The van der Waals surface area contributed by atoms with Crippen LogP contribution in [0.25, 0.3) is 21.1 Å². The molecule has 1 aromatic carbocycles. The Balaban J connectivity index is 1.43. The molecule has 8 nitrogen and oxygen atoms in total. The highest BCUT2D eigenvalue weighted by atomic mass is 32.1. The number of ether oxygens (including phenoxy) is 1. The van der Waals surface area contributed by atoms with Crippen molar-refractivity contribution in [2.45, 2.75) is 39.3 Å². The summed E-state index contributed by atoms with van der Waals surface area (Å²) in [6, 6.07) is 10.9. The molecule has 1 aliphatic rings. The first-order valence-electron chi connectivity index (χ1n) is 11.4. The Morgan fingerprint density at radius 2 is 2.12 bits per heavy atom. The standard InChI is InChI=1S/C25H26N4O4S/c1-3-9-27-25(32)29-15(2)12-16-13-17(6-7-19(16)29)33-20-8-10-26-18-14-21(34-23(18)20)24(31)28-11-4-5-22(28)30/h6-8,10,12-14,22,30H,3-5,9,11H2,1-2H3,(H,27,32). The summed E-state index contributed by atoms with van der Waals surface area (Å²) in [6.07, 6.45) is 3.20. The monoisotopic (exact) mass is 478 g/mol. The Hall–Kier alpha value is -3.43. The van der Waals surface area contributed by atoms with Crippen molar-refractivity contribution < 1.29 is 19.4 Å². The number of pyridine rings is 1. The third-order valence-electron chi connectivity index (χ3n) is 5.98. The number of hydrogen-bond donors (Lipinski definition) is 2. The second-order valence-corrected chi connectivity index (χ2v) is 9.48. The van der Waals surface area contributed by atoms with E-state index in [-0.39, 0.29) is 11.9 Å². The van der Waals surface area contributed by atoms with E-state index >= 15 is 0 Å². The first-order valence-corrected chi connectivity index (χ1v) is 12.2. The lowest BCUT2D eigenvalue weighted by molar-refractivity contribution is 0.0297. The fraction of sp³-hybridized carbons (Fsp3) is 0.320. The Morgan fingerprint density at radius 1 is 1.26 bits per heavy atom. The number of amides is 2. The Labute approximate surface area is 200 Å². The number of benzene rings is 1. The number of rotatable bonds is 5. The molecule has 0 spiro atoms. The van der Waals surface area contributed by atoms with Gasteiger partial charge in [0.05, 0.1) is 20.6 Å². The highest BCUT2D eigenvalue weighted by Crippen LogP contribution is 2.37. The van der Waals surface area contributed by atoms with Crippen molar-refractivity contribution in [3.05, 3.63) is 53.2 Å². The molecular weight excluding hydrogens is 452 g/mol. The van der Waals surface area contributed by atoms with Gasteiger partial charge in [0.25, 0.3) is 5.91 Å². The van der Waals surface area contributed by atoms with Crippen LogP contribution in [0, 0.1) is 6.92 Å². The number of nitrogens with one attached hydrogen (secondary N) is 1. The maximum absolute atomic E-state index is 12.9. The van der Waals surface area contributed by atoms with Gasteiger partial charge in [-0.05, 0) is 56.5 Å². The molecule has 34 heavy (non-hydrogen) atoms. The van der Waals surface area contributed by atoms with E-state index in [4.69, 9.17) is 4.74 Å². The normalized spacial score (nSPS) is 15.9. The van der Waals surface area contributed by atoms with Crippen molar-refractivity contribution in [2.24, 2.45) is 0 Å². The largest absolute Gasteiger partial charge is 0.456 e. The maximum atomic E-state index is 12.9. The minimum atomic E-state index is -0.729. The lowest BCUT2D eigenvalue weighted by atomic mass is 10.2. The Bertz CT molecular complexity index is 1390. The van der Waals surface area contributed by atoms with Gasteiger partial charge in [0.2, 0.25) is 0 Å². The van der Waals surface area contributed by atoms with Gasteiger partial charge in [0.1, 0.15) is 17.7 Å². The summed E-state index contributed by atoms with van der Waals surface area (Å²) in [6.45, 7) is 5.10. The first kappa shape index (κ1) is 22.4. The van der Waals surface area contributed by atoms with E-state index in [2.05, 4.69) is 10.3 Å². The van der Waals surface area contributed by atoms with E-state index in [1.807, 2.05) is 38.1 Å².